The van der Waals surface area contributed by atoms with E-state index in [-0.39, 0.29) is 41.9 Å². The van der Waals surface area contributed by atoms with Crippen LogP contribution in [-0.2, 0) is 17.1 Å². The van der Waals surface area contributed by atoms with Crippen LogP contribution >= 0.6 is 0 Å². The SMILES string of the molecule is NCCN.[Cl-].[Cl-].[Mn+2]. The molecule has 0 rings (SSSR count). The van der Waals surface area contributed by atoms with Crippen LogP contribution in [0.25, 0.3) is 0 Å². The minimum atomic E-state index is 0. The van der Waals surface area contributed by atoms with E-state index in [9.17, 15) is 0 Å². The molecule has 0 amide bonds. The maximum atomic E-state index is 4.90. The second-order valence-corrected chi connectivity index (χ2v) is 0.577. The molecule has 0 saturated heterocycles. The minimum Gasteiger partial charge on any atom is -1.00 e. The second kappa shape index (κ2) is 27.9. The van der Waals surface area contributed by atoms with Gasteiger partial charge >= 0.3 is 17.1 Å². The summed E-state index contributed by atoms with van der Waals surface area (Å²) in [5.74, 6) is 0. The topological polar surface area (TPSA) is 52.0 Å². The first-order valence-electron chi connectivity index (χ1n) is 1.32. The molecule has 0 unspecified atom stereocenters. The molecule has 0 aliphatic heterocycles. The standard InChI is InChI=1S/C2H8N2.2ClH.Mn/c3-1-2-4;;;/h1-4H2;2*1H;/q;;;+2/p-2. The Morgan fingerprint density at radius 2 is 1.00 bits per heavy atom. The zero-order valence-electron chi connectivity index (χ0n) is 3.70. The van der Waals surface area contributed by atoms with Crippen molar-refractivity contribution >= 4 is 0 Å². The van der Waals surface area contributed by atoms with Gasteiger partial charge in [-0.15, -0.1) is 0 Å². The normalized spacial score (nSPS) is 4.29. The van der Waals surface area contributed by atoms with Gasteiger partial charge in [0.2, 0.25) is 0 Å². The molecule has 2 nitrogen and oxygen atoms in total. The van der Waals surface area contributed by atoms with E-state index in [2.05, 4.69) is 0 Å². The third-order valence-electron chi connectivity index (χ3n) is 0.167. The van der Waals surface area contributed by atoms with E-state index in [1.54, 1.807) is 0 Å². The summed E-state index contributed by atoms with van der Waals surface area (Å²) in [6.07, 6.45) is 0. The van der Waals surface area contributed by atoms with Gasteiger partial charge in [0.1, 0.15) is 0 Å². The fourth-order valence-electron chi connectivity index (χ4n) is 0. The van der Waals surface area contributed by atoms with Crippen LogP contribution in [0.4, 0.5) is 0 Å². The molecule has 7 heavy (non-hydrogen) atoms. The van der Waals surface area contributed by atoms with E-state index in [0.29, 0.717) is 13.1 Å². The van der Waals surface area contributed by atoms with E-state index in [1.807, 2.05) is 0 Å². The quantitative estimate of drug-likeness (QED) is 0.400. The molecule has 0 aliphatic carbocycles. The van der Waals surface area contributed by atoms with Crippen LogP contribution < -0.4 is 36.3 Å². The number of halogens is 2. The summed E-state index contributed by atoms with van der Waals surface area (Å²) in [4.78, 5) is 0. The maximum Gasteiger partial charge on any atom is 2.00 e. The fraction of sp³-hybridized carbons (Fsp3) is 1.00. The van der Waals surface area contributed by atoms with Gasteiger partial charge in [0, 0.05) is 13.1 Å². The van der Waals surface area contributed by atoms with Gasteiger partial charge in [-0.05, 0) is 0 Å². The summed E-state index contributed by atoms with van der Waals surface area (Å²) in [5.41, 5.74) is 9.81. The molecule has 0 bridgehead atoms. The summed E-state index contributed by atoms with van der Waals surface area (Å²) in [5, 5.41) is 0. The molecular weight excluding hydrogens is 178 g/mol. The molecule has 0 saturated carbocycles. The molecule has 0 heterocycles. The smallest absolute Gasteiger partial charge is 1.00 e. The molecular formula is C2H8Cl2MnN2. The van der Waals surface area contributed by atoms with E-state index < -0.39 is 0 Å². The van der Waals surface area contributed by atoms with Gasteiger partial charge in [-0.2, -0.15) is 0 Å². The summed E-state index contributed by atoms with van der Waals surface area (Å²) in [6, 6.07) is 0. The molecule has 0 fully saturated rings. The van der Waals surface area contributed by atoms with Gasteiger partial charge in [0.25, 0.3) is 0 Å². The Hall–Kier alpha value is 1.02. The van der Waals surface area contributed by atoms with Crippen LogP contribution in [0.5, 0.6) is 0 Å². The van der Waals surface area contributed by atoms with Gasteiger partial charge in [-0.3, -0.25) is 0 Å². The minimum absolute atomic E-state index is 0. The Morgan fingerprint density at radius 3 is 1.00 bits per heavy atom. The van der Waals surface area contributed by atoms with Crippen molar-refractivity contribution in [1.82, 2.24) is 0 Å². The molecule has 47 valence electrons. The number of hydrogen-bond acceptors (Lipinski definition) is 2. The van der Waals surface area contributed by atoms with Gasteiger partial charge in [0.05, 0.1) is 0 Å². The zero-order valence-corrected chi connectivity index (χ0v) is 6.40. The molecule has 0 aromatic carbocycles. The first-order valence-corrected chi connectivity index (χ1v) is 1.32. The van der Waals surface area contributed by atoms with E-state index in [0.717, 1.165) is 0 Å². The maximum absolute atomic E-state index is 4.90. The van der Waals surface area contributed by atoms with Gasteiger partial charge in [-0.25, -0.2) is 0 Å². The number of nitrogens with two attached hydrogens (primary N) is 2. The third kappa shape index (κ3) is 43.4. The Bertz CT molecular complexity index is 15.7. The monoisotopic (exact) mass is 185 g/mol. The fourth-order valence-corrected chi connectivity index (χ4v) is 0. The third-order valence-corrected chi connectivity index (χ3v) is 0.167. The van der Waals surface area contributed by atoms with Crippen molar-refractivity contribution in [3.63, 3.8) is 0 Å². The van der Waals surface area contributed by atoms with Crippen molar-refractivity contribution in [2.45, 2.75) is 0 Å². The first kappa shape index (κ1) is 24.5. The number of rotatable bonds is 1. The zero-order chi connectivity index (χ0) is 3.41. The van der Waals surface area contributed by atoms with E-state index in [1.165, 1.54) is 0 Å². The molecule has 0 aromatic heterocycles. The average Bonchev–Trinajstić information content (AvgIpc) is 1.37. The van der Waals surface area contributed by atoms with Crippen molar-refractivity contribution in [2.24, 2.45) is 11.5 Å². The Labute approximate surface area is 66.7 Å². The molecule has 1 radical (unpaired) electrons. The predicted molar refractivity (Wildman–Crippen MR) is 18.1 cm³/mol. The van der Waals surface area contributed by atoms with Crippen LogP contribution in [0.15, 0.2) is 0 Å². The summed E-state index contributed by atoms with van der Waals surface area (Å²) < 4.78 is 0. The Morgan fingerprint density at radius 1 is 0.857 bits per heavy atom. The number of hydrogen-bond donors (Lipinski definition) is 2. The van der Waals surface area contributed by atoms with Gasteiger partial charge in [-0.1, -0.05) is 0 Å². The Kier molecular flexibility index (Phi) is 97.5. The van der Waals surface area contributed by atoms with Crippen LogP contribution in [0.1, 0.15) is 0 Å². The van der Waals surface area contributed by atoms with Crippen LogP contribution in [-0.4, -0.2) is 13.1 Å². The second-order valence-electron chi connectivity index (χ2n) is 0.577. The predicted octanol–water partition coefficient (Wildman–Crippen LogP) is -7.09. The van der Waals surface area contributed by atoms with Gasteiger partial charge < -0.3 is 36.3 Å². The summed E-state index contributed by atoms with van der Waals surface area (Å²) in [6.45, 7) is 1.19. The molecule has 5 heteroatoms. The molecule has 0 aromatic rings. The van der Waals surface area contributed by atoms with E-state index in [4.69, 9.17) is 11.5 Å². The van der Waals surface area contributed by atoms with Crippen LogP contribution in [0.2, 0.25) is 0 Å². The van der Waals surface area contributed by atoms with Gasteiger partial charge in [0.15, 0.2) is 0 Å². The molecule has 0 aliphatic rings. The molecule has 0 atom stereocenters. The van der Waals surface area contributed by atoms with Crippen molar-refractivity contribution in [3.05, 3.63) is 0 Å². The largest absolute Gasteiger partial charge is 2.00 e. The first-order chi connectivity index (χ1) is 1.91. The molecule has 0 spiro atoms. The van der Waals surface area contributed by atoms with Crippen molar-refractivity contribution in [3.8, 4) is 0 Å². The average molecular weight is 186 g/mol. The van der Waals surface area contributed by atoms with Crippen LogP contribution in [0, 0.1) is 0 Å². The Balaban J connectivity index is -0.0000000150. The van der Waals surface area contributed by atoms with Crippen molar-refractivity contribution in [2.75, 3.05) is 13.1 Å². The van der Waals surface area contributed by atoms with Crippen molar-refractivity contribution in [1.29, 1.82) is 0 Å². The van der Waals surface area contributed by atoms with Crippen molar-refractivity contribution < 1.29 is 41.9 Å². The molecule has 4 N–H and O–H groups in total. The summed E-state index contributed by atoms with van der Waals surface area (Å²) in [7, 11) is 0. The van der Waals surface area contributed by atoms with Crippen LogP contribution in [0.3, 0.4) is 0 Å². The summed E-state index contributed by atoms with van der Waals surface area (Å²) >= 11 is 0. The van der Waals surface area contributed by atoms with E-state index >= 15 is 0 Å².